The Bertz CT molecular complexity index is 4310. The maximum atomic E-state index is 5.87. The Morgan fingerprint density at radius 3 is 1.01 bits per heavy atom. The summed E-state index contributed by atoms with van der Waals surface area (Å²) in [5.74, 6) is 1.45. The van der Waals surface area contributed by atoms with Crippen molar-refractivity contribution < 1.29 is 0 Å². The fourth-order valence-corrected chi connectivity index (χ4v) is 22.5. The van der Waals surface area contributed by atoms with Gasteiger partial charge in [0.2, 0.25) is 0 Å². The van der Waals surface area contributed by atoms with Gasteiger partial charge in [0.15, 0.2) is 22.0 Å². The normalized spacial score (nSPS) is 11.7. The molecule has 12 aromatic carbocycles. The largest absolute Gasteiger partial charge is 0.294 e. The van der Waals surface area contributed by atoms with Gasteiger partial charge in [0.05, 0.1) is 16.7 Å². The van der Waals surface area contributed by atoms with Crippen LogP contribution < -0.4 is 41.5 Å². The van der Waals surface area contributed by atoms with Gasteiger partial charge in [-0.3, -0.25) is 4.57 Å². The minimum absolute atomic E-state index is 0.650. The molecule has 0 amide bonds. The van der Waals surface area contributed by atoms with Crippen LogP contribution >= 0.6 is 0 Å². The Balaban J connectivity index is 1.15. The minimum atomic E-state index is -3.34. The lowest BCUT2D eigenvalue weighted by molar-refractivity contribution is 1.05. The summed E-state index contributed by atoms with van der Waals surface area (Å²) in [6.45, 7) is 0. The number of rotatable bonds is 13. The lowest BCUT2D eigenvalue weighted by atomic mass is 10.0. The molecule has 0 atom stereocenters. The summed E-state index contributed by atoms with van der Waals surface area (Å²) in [5, 5.41) is 12.6. The third-order valence-electron chi connectivity index (χ3n) is 16.3. The molecule has 0 fully saturated rings. The van der Waals surface area contributed by atoms with Gasteiger partial charge in [-0.25, -0.2) is 9.97 Å². The van der Waals surface area contributed by atoms with Gasteiger partial charge in [-0.15, -0.1) is 0 Å². The van der Waals surface area contributed by atoms with Crippen molar-refractivity contribution in [3.63, 3.8) is 0 Å². The standard InChI is InChI=1S/C76H55N3Si2/c1-8-28-56(29-9-1)58-32-26-34-60(50-58)72-55-75(79-73-48-24-22-46-70(73)71-47-23-25-49-74(71)79)78-76(77-72)61-52-68(80(62-35-12-3-13-36-62,63-37-14-4-15-38-63)64-39-16-5-17-40-64)54-69(53-61)81(65-41-18-6-19-42-65,66-43-20-7-21-44-66)67-45-27-33-59(51-67)57-30-10-2-11-31-57/h1-55H. The molecule has 0 spiro atoms. The fourth-order valence-electron chi connectivity index (χ4n) is 12.7. The monoisotopic (exact) mass is 1070 g/mol. The van der Waals surface area contributed by atoms with Crippen LogP contribution in [0.1, 0.15) is 0 Å². The average Bonchev–Trinajstić information content (AvgIpc) is 3.98. The van der Waals surface area contributed by atoms with Gasteiger partial charge in [-0.1, -0.05) is 309 Å². The Morgan fingerprint density at radius 2 is 0.556 bits per heavy atom. The van der Waals surface area contributed by atoms with E-state index in [1.807, 2.05) is 0 Å². The highest BCUT2D eigenvalue weighted by molar-refractivity contribution is 7.22. The summed E-state index contributed by atoms with van der Waals surface area (Å²) in [7, 11) is -6.58. The van der Waals surface area contributed by atoms with Crippen LogP contribution in [0, 0.1) is 0 Å². The van der Waals surface area contributed by atoms with Crippen LogP contribution in [0.3, 0.4) is 0 Å². The highest BCUT2D eigenvalue weighted by Gasteiger charge is 2.46. The second-order valence-electron chi connectivity index (χ2n) is 20.8. The third kappa shape index (κ3) is 8.77. The van der Waals surface area contributed by atoms with E-state index in [9.17, 15) is 0 Å². The molecule has 0 aliphatic carbocycles. The van der Waals surface area contributed by atoms with E-state index < -0.39 is 16.1 Å². The molecule has 81 heavy (non-hydrogen) atoms. The van der Waals surface area contributed by atoms with Crippen molar-refractivity contribution in [2.24, 2.45) is 0 Å². The predicted molar refractivity (Wildman–Crippen MR) is 345 cm³/mol. The SMILES string of the molecule is c1ccc(-c2cccc(-c3cc(-n4c5ccccc5c5ccccc54)nc(-c4cc([Si](c5ccccc5)(c5ccccc5)c5ccccc5)cc([Si](c5ccccc5)(c5ccccc5)c5cccc(-c6ccccc6)c5)c4)n3)c2)cc1. The molecule has 14 rings (SSSR count). The lowest BCUT2D eigenvalue weighted by Gasteiger charge is -2.38. The van der Waals surface area contributed by atoms with E-state index in [1.54, 1.807) is 0 Å². The first-order valence-corrected chi connectivity index (χ1v) is 31.8. The number of aromatic nitrogens is 3. The predicted octanol–water partition coefficient (Wildman–Crippen LogP) is 13.0. The second kappa shape index (κ2) is 21.3. The van der Waals surface area contributed by atoms with Crippen molar-refractivity contribution in [3.8, 4) is 50.7 Å². The van der Waals surface area contributed by atoms with Crippen molar-refractivity contribution in [1.29, 1.82) is 0 Å². The van der Waals surface area contributed by atoms with Crippen LogP contribution in [0.25, 0.3) is 72.5 Å². The van der Waals surface area contributed by atoms with Crippen LogP contribution in [0.15, 0.2) is 334 Å². The Kier molecular flexibility index (Phi) is 13.0. The molecule has 0 saturated carbocycles. The fraction of sp³-hybridized carbons (Fsp3) is 0. The highest BCUT2D eigenvalue weighted by atomic mass is 28.3. The lowest BCUT2D eigenvalue weighted by Crippen LogP contribution is -2.78. The molecule has 0 radical (unpaired) electrons. The molecular formula is C76H55N3Si2. The molecule has 0 unspecified atom stereocenters. The Hall–Kier alpha value is -10.0. The molecule has 0 saturated heterocycles. The molecule has 0 aliphatic heterocycles. The number of nitrogens with zero attached hydrogens (tertiary/aromatic N) is 3. The molecule has 382 valence electrons. The average molecular weight is 1070 g/mol. The van der Waals surface area contributed by atoms with Gasteiger partial charge in [0.1, 0.15) is 5.82 Å². The van der Waals surface area contributed by atoms with E-state index in [0.717, 1.165) is 44.8 Å². The van der Waals surface area contributed by atoms with Crippen LogP contribution in [0.4, 0.5) is 0 Å². The smallest absolute Gasteiger partial charge is 0.179 e. The van der Waals surface area contributed by atoms with Crippen LogP contribution in [-0.2, 0) is 0 Å². The third-order valence-corrected chi connectivity index (χ3v) is 25.8. The topological polar surface area (TPSA) is 30.7 Å². The van der Waals surface area contributed by atoms with Crippen LogP contribution in [0.2, 0.25) is 0 Å². The zero-order valence-corrected chi connectivity index (χ0v) is 46.6. The van der Waals surface area contributed by atoms with E-state index in [2.05, 4.69) is 338 Å². The van der Waals surface area contributed by atoms with Gasteiger partial charge in [0, 0.05) is 28.0 Å². The van der Waals surface area contributed by atoms with Crippen molar-refractivity contribution in [2.45, 2.75) is 0 Å². The molecule has 2 aromatic heterocycles. The molecular weight excluding hydrogens is 1010 g/mol. The first-order valence-electron chi connectivity index (χ1n) is 27.8. The van der Waals surface area contributed by atoms with Gasteiger partial charge in [-0.05, 0) is 81.9 Å². The summed E-state index contributed by atoms with van der Waals surface area (Å²) in [4.78, 5) is 11.7. The van der Waals surface area contributed by atoms with Crippen LogP contribution in [0.5, 0.6) is 0 Å². The first-order chi connectivity index (χ1) is 40.2. The Morgan fingerprint density at radius 1 is 0.222 bits per heavy atom. The molecule has 0 N–H and O–H groups in total. The number of hydrogen-bond donors (Lipinski definition) is 0. The maximum Gasteiger partial charge on any atom is 0.179 e. The van der Waals surface area contributed by atoms with Gasteiger partial charge in [0.25, 0.3) is 0 Å². The molecule has 2 heterocycles. The van der Waals surface area contributed by atoms with E-state index in [1.165, 1.54) is 63.4 Å². The van der Waals surface area contributed by atoms with E-state index >= 15 is 0 Å². The van der Waals surface area contributed by atoms with Crippen LogP contribution in [-0.4, -0.2) is 30.7 Å². The zero-order valence-electron chi connectivity index (χ0n) is 44.6. The minimum Gasteiger partial charge on any atom is -0.294 e. The number of fused-ring (bicyclic) bond motifs is 3. The van der Waals surface area contributed by atoms with E-state index in [4.69, 9.17) is 9.97 Å². The summed E-state index contributed by atoms with van der Waals surface area (Å²) in [6.07, 6.45) is 0. The van der Waals surface area contributed by atoms with Crippen molar-refractivity contribution >= 4 is 79.4 Å². The summed E-state index contributed by atoms with van der Waals surface area (Å²) in [5.41, 5.74) is 9.61. The van der Waals surface area contributed by atoms with Gasteiger partial charge >= 0.3 is 0 Å². The molecule has 5 heteroatoms. The Labute approximate surface area is 475 Å². The highest BCUT2D eigenvalue weighted by Crippen LogP contribution is 2.35. The van der Waals surface area contributed by atoms with E-state index in [0.29, 0.717) is 5.82 Å². The van der Waals surface area contributed by atoms with Crippen molar-refractivity contribution in [2.75, 3.05) is 0 Å². The number of hydrogen-bond acceptors (Lipinski definition) is 2. The quantitative estimate of drug-likeness (QED) is 0.0851. The molecule has 0 bridgehead atoms. The summed E-state index contributed by atoms with van der Waals surface area (Å²) in [6, 6.07) is 123. The van der Waals surface area contributed by atoms with Crippen molar-refractivity contribution in [3.05, 3.63) is 334 Å². The zero-order chi connectivity index (χ0) is 54.0. The summed E-state index contributed by atoms with van der Waals surface area (Å²) >= 11 is 0. The van der Waals surface area contributed by atoms with Gasteiger partial charge < -0.3 is 0 Å². The van der Waals surface area contributed by atoms with Gasteiger partial charge in [-0.2, -0.15) is 0 Å². The van der Waals surface area contributed by atoms with E-state index in [-0.39, 0.29) is 0 Å². The summed E-state index contributed by atoms with van der Waals surface area (Å²) < 4.78 is 2.34. The number of para-hydroxylation sites is 2. The molecule has 3 nitrogen and oxygen atoms in total. The number of benzene rings is 12. The second-order valence-corrected chi connectivity index (χ2v) is 28.4. The first kappa shape index (κ1) is 49.3. The molecule has 14 aromatic rings. The molecule has 0 aliphatic rings. The maximum absolute atomic E-state index is 5.87. The van der Waals surface area contributed by atoms with Crippen molar-refractivity contribution in [1.82, 2.24) is 14.5 Å².